The Morgan fingerprint density at radius 1 is 1.11 bits per heavy atom. The lowest BCUT2D eigenvalue weighted by molar-refractivity contribution is 0.271. The second-order valence-electron chi connectivity index (χ2n) is 5.59. The maximum absolute atomic E-state index is 3.52. The zero-order valence-electron chi connectivity index (χ0n) is 12.5. The van der Waals surface area contributed by atoms with Crippen LogP contribution in [0.2, 0.25) is 0 Å². The minimum Gasteiger partial charge on any atom is -0.369 e. The standard InChI is InChI=1S/C16H27N3/c1-4-18-9-11-19(12-10-18)16-8-6-5-7-15(16)13-17-14(2)3/h5-8,14,17H,4,9-13H2,1-3H3. The molecule has 3 nitrogen and oxygen atoms in total. The Morgan fingerprint density at radius 2 is 1.79 bits per heavy atom. The van der Waals surface area contributed by atoms with Gasteiger partial charge in [-0.1, -0.05) is 39.0 Å². The van der Waals surface area contributed by atoms with Crippen molar-refractivity contribution in [2.75, 3.05) is 37.6 Å². The van der Waals surface area contributed by atoms with Crippen molar-refractivity contribution >= 4 is 5.69 Å². The summed E-state index contributed by atoms with van der Waals surface area (Å²) in [7, 11) is 0. The van der Waals surface area contributed by atoms with Gasteiger partial charge in [0.1, 0.15) is 0 Å². The molecule has 0 aromatic heterocycles. The Hall–Kier alpha value is -1.06. The lowest BCUT2D eigenvalue weighted by atomic mass is 10.1. The molecule has 0 radical (unpaired) electrons. The minimum absolute atomic E-state index is 0.532. The highest BCUT2D eigenvalue weighted by molar-refractivity contribution is 5.54. The summed E-state index contributed by atoms with van der Waals surface area (Å²) >= 11 is 0. The molecule has 1 saturated heterocycles. The molecule has 0 amide bonds. The van der Waals surface area contributed by atoms with Gasteiger partial charge in [-0.25, -0.2) is 0 Å². The van der Waals surface area contributed by atoms with Crippen LogP contribution in [0.3, 0.4) is 0 Å². The largest absolute Gasteiger partial charge is 0.369 e. The fourth-order valence-electron chi connectivity index (χ4n) is 2.59. The Balaban J connectivity index is 2.03. The van der Waals surface area contributed by atoms with E-state index in [9.17, 15) is 0 Å². The van der Waals surface area contributed by atoms with Gasteiger partial charge in [-0.3, -0.25) is 0 Å². The summed E-state index contributed by atoms with van der Waals surface area (Å²) in [5, 5.41) is 3.52. The van der Waals surface area contributed by atoms with E-state index in [0.29, 0.717) is 6.04 Å². The number of likely N-dealkylation sites (N-methyl/N-ethyl adjacent to an activating group) is 1. The fourth-order valence-corrected chi connectivity index (χ4v) is 2.59. The van der Waals surface area contributed by atoms with Gasteiger partial charge in [0.05, 0.1) is 0 Å². The lowest BCUT2D eigenvalue weighted by Gasteiger charge is -2.36. The van der Waals surface area contributed by atoms with Crippen molar-refractivity contribution in [3.05, 3.63) is 29.8 Å². The molecule has 0 bridgehead atoms. The van der Waals surface area contributed by atoms with Crippen LogP contribution in [0.5, 0.6) is 0 Å². The molecule has 106 valence electrons. The molecule has 1 fully saturated rings. The van der Waals surface area contributed by atoms with Gasteiger partial charge in [0.25, 0.3) is 0 Å². The summed E-state index contributed by atoms with van der Waals surface area (Å²) in [5.74, 6) is 0. The van der Waals surface area contributed by atoms with Crippen LogP contribution in [0.1, 0.15) is 26.3 Å². The smallest absolute Gasteiger partial charge is 0.0412 e. The first-order chi connectivity index (χ1) is 9.20. The number of hydrogen-bond donors (Lipinski definition) is 1. The third-order valence-corrected chi connectivity index (χ3v) is 3.85. The SMILES string of the molecule is CCN1CCN(c2ccccc2CNC(C)C)CC1. The van der Waals surface area contributed by atoms with Crippen LogP contribution in [0, 0.1) is 0 Å². The number of nitrogens with zero attached hydrogens (tertiary/aromatic N) is 2. The number of hydrogen-bond acceptors (Lipinski definition) is 3. The quantitative estimate of drug-likeness (QED) is 0.877. The van der Waals surface area contributed by atoms with Crippen LogP contribution < -0.4 is 10.2 Å². The van der Waals surface area contributed by atoms with Crippen LogP contribution in [-0.2, 0) is 6.54 Å². The third-order valence-electron chi connectivity index (χ3n) is 3.85. The number of rotatable bonds is 5. The van der Waals surface area contributed by atoms with E-state index in [0.717, 1.165) is 19.6 Å². The molecular weight excluding hydrogens is 234 g/mol. The van der Waals surface area contributed by atoms with Crippen molar-refractivity contribution in [3.8, 4) is 0 Å². The molecule has 0 atom stereocenters. The average molecular weight is 261 g/mol. The predicted molar refractivity (Wildman–Crippen MR) is 82.7 cm³/mol. The molecule has 2 rings (SSSR count). The Labute approximate surface area is 117 Å². The number of anilines is 1. The van der Waals surface area contributed by atoms with Gasteiger partial charge >= 0.3 is 0 Å². The van der Waals surface area contributed by atoms with E-state index < -0.39 is 0 Å². The zero-order valence-corrected chi connectivity index (χ0v) is 12.5. The van der Waals surface area contributed by atoms with Gasteiger partial charge in [0.15, 0.2) is 0 Å². The first kappa shape index (κ1) is 14.4. The fraction of sp³-hybridized carbons (Fsp3) is 0.625. The zero-order chi connectivity index (χ0) is 13.7. The number of benzene rings is 1. The molecule has 19 heavy (non-hydrogen) atoms. The molecule has 1 heterocycles. The molecule has 3 heteroatoms. The van der Waals surface area contributed by atoms with Gasteiger partial charge in [-0.05, 0) is 18.2 Å². The first-order valence-corrected chi connectivity index (χ1v) is 7.49. The van der Waals surface area contributed by atoms with E-state index in [1.807, 2.05) is 0 Å². The van der Waals surface area contributed by atoms with Crippen molar-refractivity contribution in [2.45, 2.75) is 33.4 Å². The Morgan fingerprint density at radius 3 is 2.42 bits per heavy atom. The molecule has 0 unspecified atom stereocenters. The van der Waals surface area contributed by atoms with Gasteiger partial charge in [0.2, 0.25) is 0 Å². The topological polar surface area (TPSA) is 18.5 Å². The summed E-state index contributed by atoms with van der Waals surface area (Å²) in [5.41, 5.74) is 2.83. The van der Waals surface area contributed by atoms with E-state index in [2.05, 4.69) is 60.2 Å². The highest BCUT2D eigenvalue weighted by Crippen LogP contribution is 2.21. The highest BCUT2D eigenvalue weighted by atomic mass is 15.3. The second-order valence-corrected chi connectivity index (χ2v) is 5.59. The van der Waals surface area contributed by atoms with Crippen molar-refractivity contribution in [1.82, 2.24) is 10.2 Å². The van der Waals surface area contributed by atoms with E-state index in [4.69, 9.17) is 0 Å². The molecule has 1 aliphatic heterocycles. The van der Waals surface area contributed by atoms with Crippen LogP contribution in [0.15, 0.2) is 24.3 Å². The number of nitrogens with one attached hydrogen (secondary N) is 1. The Bertz CT molecular complexity index is 381. The molecule has 0 saturated carbocycles. The van der Waals surface area contributed by atoms with Crippen molar-refractivity contribution in [2.24, 2.45) is 0 Å². The maximum Gasteiger partial charge on any atom is 0.0412 e. The number of para-hydroxylation sites is 1. The molecule has 1 aromatic rings. The molecular formula is C16H27N3. The van der Waals surface area contributed by atoms with Gasteiger partial charge < -0.3 is 15.1 Å². The summed E-state index contributed by atoms with van der Waals surface area (Å²) in [6, 6.07) is 9.34. The lowest BCUT2D eigenvalue weighted by Crippen LogP contribution is -2.46. The average Bonchev–Trinajstić information content (AvgIpc) is 2.45. The summed E-state index contributed by atoms with van der Waals surface area (Å²) in [6.45, 7) is 13.4. The van der Waals surface area contributed by atoms with Crippen molar-refractivity contribution in [3.63, 3.8) is 0 Å². The van der Waals surface area contributed by atoms with Crippen LogP contribution in [0.25, 0.3) is 0 Å². The molecule has 0 aliphatic carbocycles. The second kappa shape index (κ2) is 6.92. The molecule has 1 N–H and O–H groups in total. The minimum atomic E-state index is 0.532. The van der Waals surface area contributed by atoms with E-state index in [1.165, 1.54) is 30.9 Å². The molecule has 1 aliphatic rings. The van der Waals surface area contributed by atoms with Gasteiger partial charge in [0, 0.05) is 44.5 Å². The predicted octanol–water partition coefficient (Wildman–Crippen LogP) is 2.33. The van der Waals surface area contributed by atoms with Gasteiger partial charge in [-0.2, -0.15) is 0 Å². The van der Waals surface area contributed by atoms with Crippen molar-refractivity contribution in [1.29, 1.82) is 0 Å². The Kier molecular flexibility index (Phi) is 5.23. The van der Waals surface area contributed by atoms with Crippen LogP contribution in [-0.4, -0.2) is 43.7 Å². The summed E-state index contributed by atoms with van der Waals surface area (Å²) < 4.78 is 0. The maximum atomic E-state index is 3.52. The highest BCUT2D eigenvalue weighted by Gasteiger charge is 2.17. The molecule has 0 spiro atoms. The monoisotopic (exact) mass is 261 g/mol. The van der Waals surface area contributed by atoms with E-state index in [1.54, 1.807) is 0 Å². The van der Waals surface area contributed by atoms with Gasteiger partial charge in [-0.15, -0.1) is 0 Å². The van der Waals surface area contributed by atoms with Crippen molar-refractivity contribution < 1.29 is 0 Å². The first-order valence-electron chi connectivity index (χ1n) is 7.49. The summed E-state index contributed by atoms with van der Waals surface area (Å²) in [4.78, 5) is 5.05. The van der Waals surface area contributed by atoms with Crippen LogP contribution >= 0.6 is 0 Å². The summed E-state index contributed by atoms with van der Waals surface area (Å²) in [6.07, 6.45) is 0. The van der Waals surface area contributed by atoms with E-state index in [-0.39, 0.29) is 0 Å². The number of piperazine rings is 1. The normalized spacial score (nSPS) is 17.2. The molecule has 1 aromatic carbocycles. The van der Waals surface area contributed by atoms with Crippen LogP contribution in [0.4, 0.5) is 5.69 Å². The third kappa shape index (κ3) is 3.95. The van der Waals surface area contributed by atoms with E-state index >= 15 is 0 Å².